The van der Waals surface area contributed by atoms with Crippen molar-refractivity contribution in [2.45, 2.75) is 13.0 Å². The Bertz CT molecular complexity index is 819. The molecule has 0 radical (unpaired) electrons. The van der Waals surface area contributed by atoms with E-state index in [4.69, 9.17) is 0 Å². The minimum Gasteiger partial charge on any atom is -0.394 e. The molecule has 12 heteroatoms. The van der Waals surface area contributed by atoms with Crippen LogP contribution in [0.25, 0.3) is 0 Å². The number of benzene rings is 1. The summed E-state index contributed by atoms with van der Waals surface area (Å²) in [5.74, 6) is -2.61. The number of hydrogen-bond donors (Lipinski definition) is 2. The smallest absolute Gasteiger partial charge is 0.296 e. The van der Waals surface area contributed by atoms with Crippen molar-refractivity contribution < 1.29 is 39.3 Å². The summed E-state index contributed by atoms with van der Waals surface area (Å²) in [6.07, 6.45) is 0.135. The number of aryl methyl sites for hydroxylation is 1. The zero-order valence-electron chi connectivity index (χ0n) is 14.0. The quantitative estimate of drug-likeness (QED) is 0.241. The van der Waals surface area contributed by atoms with Crippen LogP contribution in [0.15, 0.2) is 12.1 Å². The molecule has 0 aromatic heterocycles. The highest BCUT2D eigenvalue weighted by Gasteiger charge is 2.38. The minimum atomic E-state index is -1.18. The number of carbonyl (C=O) groups excluding carboxylic acids is 4. The lowest BCUT2D eigenvalue weighted by Crippen LogP contribution is -2.44. The predicted octanol–water partition coefficient (Wildman–Crippen LogP) is -1.29. The minimum absolute atomic E-state index is 0.0699. The lowest BCUT2D eigenvalue weighted by molar-refractivity contribution is -0.761. The summed E-state index contributed by atoms with van der Waals surface area (Å²) < 4.78 is 0. The van der Waals surface area contributed by atoms with Crippen molar-refractivity contribution >= 4 is 24.1 Å². The summed E-state index contributed by atoms with van der Waals surface area (Å²) in [6, 6.07) is 1.15. The van der Waals surface area contributed by atoms with Gasteiger partial charge in [0.25, 0.3) is 22.8 Å². The zero-order valence-corrected chi connectivity index (χ0v) is 14.0. The van der Waals surface area contributed by atoms with Gasteiger partial charge < -0.3 is 10.2 Å². The van der Waals surface area contributed by atoms with Crippen LogP contribution >= 0.6 is 0 Å². The summed E-state index contributed by atoms with van der Waals surface area (Å²) in [6.45, 7) is -0.792. The van der Waals surface area contributed by atoms with Gasteiger partial charge in [-0.15, -0.1) is 10.1 Å². The molecule has 144 valence electrons. The first-order valence-corrected chi connectivity index (χ1v) is 7.54. The van der Waals surface area contributed by atoms with E-state index in [1.165, 1.54) is 13.0 Å². The first-order chi connectivity index (χ1) is 12.8. The van der Waals surface area contributed by atoms with Gasteiger partial charge in [0.2, 0.25) is 6.41 Å². The van der Waals surface area contributed by atoms with Gasteiger partial charge in [-0.05, 0) is 24.6 Å². The number of amides is 4. The molecule has 0 unspecified atom stereocenters. The summed E-state index contributed by atoms with van der Waals surface area (Å²) in [4.78, 5) is 63.8. The highest BCUT2D eigenvalue weighted by atomic mass is 17.0. The maximum Gasteiger partial charge on any atom is 0.296 e. The summed E-state index contributed by atoms with van der Waals surface area (Å²) in [7, 11) is 0. The Kier molecular flexibility index (Phi) is 5.82. The second-order valence-corrected chi connectivity index (χ2v) is 5.57. The monoisotopic (exact) mass is 381 g/mol. The van der Waals surface area contributed by atoms with E-state index < -0.39 is 48.8 Å². The average molecular weight is 381 g/mol. The molecule has 2 rings (SSSR count). The molecule has 4 amide bonds. The van der Waals surface area contributed by atoms with E-state index in [9.17, 15) is 39.5 Å². The van der Waals surface area contributed by atoms with Crippen molar-refractivity contribution in [2.75, 3.05) is 19.9 Å². The van der Waals surface area contributed by atoms with Crippen LogP contribution in [-0.2, 0) is 9.63 Å². The summed E-state index contributed by atoms with van der Waals surface area (Å²) in [5.41, 5.74) is -0.111. The Morgan fingerprint density at radius 3 is 2.33 bits per heavy atom. The standard InChI is InChI=1S/C15H15N3O9/c1-8-2-11-12(15(24)17(14(11)23)7-27-18(25)26)3-10(8)13(22)16(6-21)9(4-19)5-20/h2-3,6,9,19-20H,4-5,7H2,1H3. The number of carbonyl (C=O) groups is 4. The number of aliphatic hydroxyl groups is 2. The number of hydrogen-bond acceptors (Lipinski definition) is 9. The number of imide groups is 2. The van der Waals surface area contributed by atoms with Gasteiger partial charge in [-0.2, -0.15) is 0 Å². The third-order valence-corrected chi connectivity index (χ3v) is 4.00. The van der Waals surface area contributed by atoms with Gasteiger partial charge in [0, 0.05) is 5.56 Å². The van der Waals surface area contributed by atoms with Gasteiger partial charge in [0.15, 0.2) is 6.73 Å². The van der Waals surface area contributed by atoms with Crippen LogP contribution in [0, 0.1) is 17.0 Å². The molecule has 1 aromatic carbocycles. The lowest BCUT2D eigenvalue weighted by Gasteiger charge is -2.24. The van der Waals surface area contributed by atoms with E-state index in [1.807, 2.05) is 0 Å². The highest BCUT2D eigenvalue weighted by molar-refractivity contribution is 6.22. The molecule has 0 bridgehead atoms. The molecule has 1 aliphatic rings. The molecule has 1 aromatic rings. The second-order valence-electron chi connectivity index (χ2n) is 5.57. The molecule has 2 N–H and O–H groups in total. The average Bonchev–Trinajstić information content (AvgIpc) is 2.86. The van der Waals surface area contributed by atoms with Crippen LogP contribution in [0.4, 0.5) is 0 Å². The van der Waals surface area contributed by atoms with E-state index in [2.05, 4.69) is 4.84 Å². The largest absolute Gasteiger partial charge is 0.394 e. The molecule has 0 aliphatic carbocycles. The van der Waals surface area contributed by atoms with Crippen molar-refractivity contribution in [3.05, 3.63) is 44.5 Å². The second kappa shape index (κ2) is 7.88. The van der Waals surface area contributed by atoms with Crippen molar-refractivity contribution in [3.8, 4) is 0 Å². The Hall–Kier alpha value is -3.38. The summed E-state index contributed by atoms with van der Waals surface area (Å²) >= 11 is 0. The van der Waals surface area contributed by atoms with Gasteiger partial charge in [0.05, 0.1) is 30.4 Å². The van der Waals surface area contributed by atoms with Crippen LogP contribution in [0.2, 0.25) is 0 Å². The zero-order chi connectivity index (χ0) is 20.3. The number of aliphatic hydroxyl groups excluding tert-OH is 2. The number of rotatable bonds is 8. The lowest BCUT2D eigenvalue weighted by atomic mass is 9.99. The molecule has 27 heavy (non-hydrogen) atoms. The maximum absolute atomic E-state index is 12.6. The Balaban J connectivity index is 2.41. The molecule has 0 saturated heterocycles. The molecule has 0 saturated carbocycles. The van der Waals surface area contributed by atoms with Crippen molar-refractivity contribution in [3.63, 3.8) is 0 Å². The third-order valence-electron chi connectivity index (χ3n) is 4.00. The first kappa shape index (κ1) is 19.9. The van der Waals surface area contributed by atoms with Gasteiger partial charge in [0.1, 0.15) is 0 Å². The SMILES string of the molecule is Cc1cc2c(cc1C(=O)N(C=O)C(CO)CO)C(=O)N(CO[N+](=O)[O-])C2=O. The Morgan fingerprint density at radius 1 is 1.30 bits per heavy atom. The fraction of sp³-hybridized carbons (Fsp3) is 0.333. The topological polar surface area (TPSA) is 168 Å². The number of nitrogens with zero attached hydrogens (tertiary/aromatic N) is 3. The van der Waals surface area contributed by atoms with Crippen molar-refractivity contribution in [1.29, 1.82) is 0 Å². The molecular weight excluding hydrogens is 366 g/mol. The Labute approximate surface area is 151 Å². The molecule has 0 spiro atoms. The van der Waals surface area contributed by atoms with E-state index >= 15 is 0 Å². The molecule has 12 nitrogen and oxygen atoms in total. The molecule has 1 aliphatic heterocycles. The van der Waals surface area contributed by atoms with Crippen LogP contribution in [0.5, 0.6) is 0 Å². The van der Waals surface area contributed by atoms with Crippen molar-refractivity contribution in [1.82, 2.24) is 9.80 Å². The summed E-state index contributed by atoms with van der Waals surface area (Å²) in [5, 5.41) is 27.5. The molecule has 0 atom stereocenters. The van der Waals surface area contributed by atoms with E-state index in [-0.39, 0.29) is 28.7 Å². The normalized spacial score (nSPS) is 13.0. The third kappa shape index (κ3) is 3.61. The molecule has 1 heterocycles. The van der Waals surface area contributed by atoms with Gasteiger partial charge >= 0.3 is 0 Å². The molecule has 0 fully saturated rings. The van der Waals surface area contributed by atoms with Gasteiger partial charge in [-0.3, -0.25) is 28.9 Å². The van der Waals surface area contributed by atoms with Crippen LogP contribution < -0.4 is 0 Å². The van der Waals surface area contributed by atoms with Gasteiger partial charge in [-0.25, -0.2) is 4.90 Å². The van der Waals surface area contributed by atoms with E-state index in [0.29, 0.717) is 9.80 Å². The van der Waals surface area contributed by atoms with Gasteiger partial charge in [-0.1, -0.05) is 0 Å². The fourth-order valence-electron chi connectivity index (χ4n) is 2.57. The van der Waals surface area contributed by atoms with Crippen LogP contribution in [0.3, 0.4) is 0 Å². The van der Waals surface area contributed by atoms with Crippen LogP contribution in [0.1, 0.15) is 36.6 Å². The Morgan fingerprint density at radius 2 is 1.85 bits per heavy atom. The van der Waals surface area contributed by atoms with E-state index in [1.54, 1.807) is 0 Å². The van der Waals surface area contributed by atoms with Crippen molar-refractivity contribution in [2.24, 2.45) is 0 Å². The van der Waals surface area contributed by atoms with Crippen LogP contribution in [-0.4, -0.2) is 75.2 Å². The molecular formula is C15H15N3O9. The fourth-order valence-corrected chi connectivity index (χ4v) is 2.57. The van der Waals surface area contributed by atoms with E-state index in [0.717, 1.165) is 6.07 Å². The highest BCUT2D eigenvalue weighted by Crippen LogP contribution is 2.27. The first-order valence-electron chi connectivity index (χ1n) is 7.54. The number of fused-ring (bicyclic) bond motifs is 1. The predicted molar refractivity (Wildman–Crippen MR) is 84.8 cm³/mol. The maximum atomic E-state index is 12.6.